The number of benzene rings is 1. The van der Waals surface area contributed by atoms with Gasteiger partial charge in [0.15, 0.2) is 0 Å². The number of allylic oxidation sites excluding steroid dienone is 2. The first-order valence-corrected chi connectivity index (χ1v) is 13.6. The molecular weight excluding hydrogens is 528 g/mol. The van der Waals surface area contributed by atoms with Gasteiger partial charge in [-0.05, 0) is 81.9 Å². The first-order chi connectivity index (χ1) is 16.9. The molecule has 2 unspecified atom stereocenters. The van der Waals surface area contributed by atoms with Crippen LogP contribution in [0.5, 0.6) is 0 Å². The summed E-state index contributed by atoms with van der Waals surface area (Å²) in [5.41, 5.74) is 9.04. The Balaban J connectivity index is 1.40. The number of urea groups is 1. The van der Waals surface area contributed by atoms with Gasteiger partial charge in [-0.3, -0.25) is 4.79 Å². The molecule has 3 aliphatic rings. The van der Waals surface area contributed by atoms with Crippen molar-refractivity contribution >= 4 is 45.5 Å². The fourth-order valence-electron chi connectivity index (χ4n) is 5.63. The second-order valence-electron chi connectivity index (χ2n) is 9.73. The number of hydrogen-bond acceptors (Lipinski definition) is 3. The highest BCUT2D eigenvalue weighted by Crippen LogP contribution is 2.42. The van der Waals surface area contributed by atoms with Crippen molar-refractivity contribution in [3.05, 3.63) is 62.8 Å². The minimum absolute atomic E-state index is 0.0929. The van der Waals surface area contributed by atoms with E-state index in [0.717, 1.165) is 40.8 Å². The average molecular weight is 562 g/mol. The van der Waals surface area contributed by atoms with E-state index in [2.05, 4.69) is 57.8 Å². The molecule has 0 spiro atoms. The van der Waals surface area contributed by atoms with E-state index in [1.165, 1.54) is 11.1 Å². The van der Waals surface area contributed by atoms with Crippen LogP contribution in [0.4, 0.5) is 4.79 Å². The molecule has 0 saturated carbocycles. The quantitative estimate of drug-likeness (QED) is 0.422. The van der Waals surface area contributed by atoms with Crippen molar-refractivity contribution in [3.8, 4) is 0 Å². The van der Waals surface area contributed by atoms with Gasteiger partial charge < -0.3 is 21.3 Å². The smallest absolute Gasteiger partial charge is 0.314 e. The molecule has 188 valence electrons. The lowest BCUT2D eigenvalue weighted by Crippen LogP contribution is -2.42. The Morgan fingerprint density at radius 3 is 2.77 bits per heavy atom. The van der Waals surface area contributed by atoms with Crippen LogP contribution in [0.25, 0.3) is 6.08 Å². The number of nitrogens with one attached hydrogen (secondary N) is 2. The number of carbonyl (C=O) groups excluding carboxylic acids is 2. The molecule has 4 rings (SSSR count). The number of likely N-dealkylation sites (tertiary alicyclic amines) is 1. The Kier molecular flexibility index (Phi) is 8.60. The van der Waals surface area contributed by atoms with Crippen molar-refractivity contribution in [2.75, 3.05) is 19.6 Å². The predicted octanol–water partition coefficient (Wildman–Crippen LogP) is 5.30. The summed E-state index contributed by atoms with van der Waals surface area (Å²) in [5, 5.41) is 7.51. The number of fused-ring (bicyclic) bond motifs is 2. The van der Waals surface area contributed by atoms with Gasteiger partial charge in [0, 0.05) is 47.7 Å². The van der Waals surface area contributed by atoms with Crippen LogP contribution in [-0.2, 0) is 4.79 Å². The molecule has 6 nitrogen and oxygen atoms in total. The van der Waals surface area contributed by atoms with Gasteiger partial charge in [-0.1, -0.05) is 43.2 Å². The molecule has 1 saturated heterocycles. The minimum Gasteiger partial charge on any atom is -0.383 e. The van der Waals surface area contributed by atoms with Crippen LogP contribution < -0.4 is 16.4 Å². The fraction of sp³-hybridized carbons (Fsp3) is 0.481. The summed E-state index contributed by atoms with van der Waals surface area (Å²) >= 11 is 9.93. The van der Waals surface area contributed by atoms with Crippen molar-refractivity contribution in [2.24, 2.45) is 17.6 Å². The van der Waals surface area contributed by atoms with Gasteiger partial charge in [0.25, 0.3) is 0 Å². The minimum atomic E-state index is -0.371. The third-order valence-corrected chi connectivity index (χ3v) is 8.25. The Morgan fingerprint density at radius 1 is 1.29 bits per heavy atom. The molecule has 3 atom stereocenters. The summed E-state index contributed by atoms with van der Waals surface area (Å²) in [7, 11) is 0. The first kappa shape index (κ1) is 25.8. The number of hydrogen-bond donors (Lipinski definition) is 3. The number of nitrogens with two attached hydrogens (primary N) is 1. The lowest BCUT2D eigenvalue weighted by Gasteiger charge is -2.36. The van der Waals surface area contributed by atoms with Crippen LogP contribution in [-0.4, -0.2) is 42.5 Å². The molecule has 1 fully saturated rings. The number of primary amides is 1. The average Bonchev–Trinajstić information content (AvgIpc) is 2.98. The summed E-state index contributed by atoms with van der Waals surface area (Å²) in [5.74, 6) is 1.03. The third kappa shape index (κ3) is 6.31. The van der Waals surface area contributed by atoms with E-state index in [4.69, 9.17) is 17.3 Å². The van der Waals surface area contributed by atoms with E-state index in [1.54, 1.807) is 4.90 Å². The van der Waals surface area contributed by atoms with Gasteiger partial charge in [0.2, 0.25) is 5.91 Å². The van der Waals surface area contributed by atoms with Crippen LogP contribution >= 0.6 is 27.5 Å². The lowest BCUT2D eigenvalue weighted by atomic mass is 9.74. The summed E-state index contributed by atoms with van der Waals surface area (Å²) in [6.45, 7) is 4.15. The van der Waals surface area contributed by atoms with E-state index >= 15 is 0 Å². The highest BCUT2D eigenvalue weighted by molar-refractivity contribution is 9.11. The van der Waals surface area contributed by atoms with Gasteiger partial charge >= 0.3 is 6.03 Å². The first-order valence-electron chi connectivity index (χ1n) is 12.5. The highest BCUT2D eigenvalue weighted by atomic mass is 79.9. The molecule has 4 N–H and O–H groups in total. The second kappa shape index (κ2) is 11.7. The Labute approximate surface area is 221 Å². The molecule has 1 aliphatic carbocycles. The Bertz CT molecular complexity index is 1050. The van der Waals surface area contributed by atoms with Gasteiger partial charge in [0.05, 0.1) is 6.04 Å². The van der Waals surface area contributed by atoms with Crippen LogP contribution in [0.3, 0.4) is 0 Å². The molecule has 2 heterocycles. The molecule has 0 bridgehead atoms. The van der Waals surface area contributed by atoms with E-state index in [-0.39, 0.29) is 23.9 Å². The number of halogens is 2. The molecule has 3 amide bonds. The summed E-state index contributed by atoms with van der Waals surface area (Å²) < 4.78 is 1.03. The van der Waals surface area contributed by atoms with Crippen molar-refractivity contribution in [2.45, 2.75) is 51.0 Å². The number of carbonyl (C=O) groups is 2. The van der Waals surface area contributed by atoms with Crippen molar-refractivity contribution < 1.29 is 9.59 Å². The fourth-order valence-corrected chi connectivity index (χ4v) is 6.21. The van der Waals surface area contributed by atoms with E-state index < -0.39 is 0 Å². The number of piperidine rings is 1. The molecule has 0 aromatic heterocycles. The van der Waals surface area contributed by atoms with Crippen LogP contribution in [0.2, 0.25) is 5.02 Å². The normalized spacial score (nSPS) is 22.7. The maximum atomic E-state index is 12.7. The molecule has 35 heavy (non-hydrogen) atoms. The molecular formula is C27H34BrClN4O2. The number of dihydropyridines is 1. The standard InChI is InChI=1S/C27H34BrClN4O2/c1-2-18(7-10-31-24(34)13-17-8-11-33(12-9-17)27(30)35)25-23-6-5-22(29)15-19(23)3-4-20-14-21(28)16-32-26(20)25/h3-6,14-18,25-26,32H,2,7-13H2,1H3,(H2,30,35)(H,31,34)/t18-,25?,26?/m1/s1. The largest absolute Gasteiger partial charge is 0.383 e. The topological polar surface area (TPSA) is 87.5 Å². The highest BCUT2D eigenvalue weighted by Gasteiger charge is 2.35. The predicted molar refractivity (Wildman–Crippen MR) is 145 cm³/mol. The van der Waals surface area contributed by atoms with Gasteiger partial charge in [-0.25, -0.2) is 4.79 Å². The van der Waals surface area contributed by atoms with Crippen molar-refractivity contribution in [1.82, 2.24) is 15.5 Å². The zero-order valence-corrected chi connectivity index (χ0v) is 22.4. The Morgan fingerprint density at radius 2 is 2.06 bits per heavy atom. The molecule has 0 radical (unpaired) electrons. The summed E-state index contributed by atoms with van der Waals surface area (Å²) in [6.07, 6.45) is 12.6. The van der Waals surface area contributed by atoms with Gasteiger partial charge in [-0.15, -0.1) is 0 Å². The number of amides is 3. The lowest BCUT2D eigenvalue weighted by molar-refractivity contribution is -0.122. The third-order valence-electron chi connectivity index (χ3n) is 7.56. The molecule has 8 heteroatoms. The van der Waals surface area contributed by atoms with Crippen LogP contribution in [0.1, 0.15) is 56.1 Å². The second-order valence-corrected chi connectivity index (χ2v) is 11.1. The maximum Gasteiger partial charge on any atom is 0.314 e. The molecule has 1 aromatic carbocycles. The van der Waals surface area contributed by atoms with Crippen molar-refractivity contribution in [3.63, 3.8) is 0 Å². The Hall–Kier alpha value is -2.25. The summed E-state index contributed by atoms with van der Waals surface area (Å²) in [4.78, 5) is 25.6. The van der Waals surface area contributed by atoms with E-state index in [0.29, 0.717) is 37.9 Å². The molecule has 1 aromatic rings. The maximum absolute atomic E-state index is 12.7. The van der Waals surface area contributed by atoms with Gasteiger partial charge in [0.1, 0.15) is 0 Å². The van der Waals surface area contributed by atoms with Crippen LogP contribution in [0, 0.1) is 11.8 Å². The van der Waals surface area contributed by atoms with E-state index in [9.17, 15) is 9.59 Å². The number of nitrogens with zero attached hydrogens (tertiary/aromatic N) is 1. The van der Waals surface area contributed by atoms with E-state index in [1.807, 2.05) is 18.3 Å². The summed E-state index contributed by atoms with van der Waals surface area (Å²) in [6, 6.07) is 5.96. The van der Waals surface area contributed by atoms with Gasteiger partial charge in [-0.2, -0.15) is 0 Å². The zero-order valence-electron chi connectivity index (χ0n) is 20.1. The van der Waals surface area contributed by atoms with Crippen molar-refractivity contribution in [1.29, 1.82) is 0 Å². The molecule has 2 aliphatic heterocycles. The van der Waals surface area contributed by atoms with Crippen LogP contribution in [0.15, 0.2) is 46.6 Å². The zero-order chi connectivity index (χ0) is 24.9. The number of rotatable bonds is 7. The SMILES string of the molecule is CC[C@H](CCNC(=O)CC1CCN(C(N)=O)CC1)C1c2ccc(Cl)cc2C=CC2=CC(Br)=CNC21. The monoisotopic (exact) mass is 560 g/mol.